The molecular weight excluding hydrogens is 176 g/mol. The van der Waals surface area contributed by atoms with E-state index in [4.69, 9.17) is 0 Å². The Kier molecular flexibility index (Phi) is 3.19. The molecule has 2 rings (SSSR count). The minimum Gasteiger partial charge on any atom is -0.316 e. The van der Waals surface area contributed by atoms with E-state index in [0.29, 0.717) is 17.6 Å². The Morgan fingerprint density at radius 1 is 1.36 bits per heavy atom. The van der Waals surface area contributed by atoms with Gasteiger partial charge in [-0.3, -0.25) is 4.79 Å². The fourth-order valence-corrected chi connectivity index (χ4v) is 2.63. The summed E-state index contributed by atoms with van der Waals surface area (Å²) in [5.74, 6) is 1.15. The van der Waals surface area contributed by atoms with Crippen molar-refractivity contribution in [1.29, 1.82) is 0 Å². The molecular formula is C11H20N2O. The number of nitrogens with zero attached hydrogens (tertiary/aromatic N) is 1. The first-order valence-electron chi connectivity index (χ1n) is 5.70. The number of ketones is 1. The van der Waals surface area contributed by atoms with Gasteiger partial charge >= 0.3 is 0 Å². The summed E-state index contributed by atoms with van der Waals surface area (Å²) < 4.78 is 0. The van der Waals surface area contributed by atoms with E-state index in [1.165, 1.54) is 6.42 Å². The molecule has 0 aromatic rings. The van der Waals surface area contributed by atoms with Crippen molar-refractivity contribution < 1.29 is 4.79 Å². The highest BCUT2D eigenvalue weighted by molar-refractivity contribution is 5.84. The predicted octanol–water partition coefficient (Wildman–Crippen LogP) is 0.507. The van der Waals surface area contributed by atoms with Crippen LogP contribution in [-0.2, 0) is 4.79 Å². The maximum absolute atomic E-state index is 12.1. The summed E-state index contributed by atoms with van der Waals surface area (Å²) >= 11 is 0. The van der Waals surface area contributed by atoms with E-state index in [0.717, 1.165) is 39.0 Å². The lowest BCUT2D eigenvalue weighted by Crippen LogP contribution is -2.38. The first kappa shape index (κ1) is 10.1. The fraction of sp³-hybridized carbons (Fsp3) is 0.909. The van der Waals surface area contributed by atoms with Crippen LogP contribution in [0.3, 0.4) is 0 Å². The zero-order chi connectivity index (χ0) is 9.97. The van der Waals surface area contributed by atoms with Crippen molar-refractivity contribution in [2.75, 3.05) is 33.2 Å². The first-order chi connectivity index (χ1) is 6.77. The summed E-state index contributed by atoms with van der Waals surface area (Å²) in [6.45, 7) is 4.08. The number of hydrogen-bond donors (Lipinski definition) is 1. The molecule has 0 spiro atoms. The van der Waals surface area contributed by atoms with Crippen molar-refractivity contribution in [3.63, 3.8) is 0 Å². The molecule has 0 aliphatic carbocycles. The van der Waals surface area contributed by atoms with Crippen molar-refractivity contribution in [3.8, 4) is 0 Å². The van der Waals surface area contributed by atoms with Gasteiger partial charge in [-0.2, -0.15) is 0 Å². The lowest BCUT2D eigenvalue weighted by molar-refractivity contribution is -0.127. The van der Waals surface area contributed by atoms with Gasteiger partial charge in [-0.15, -0.1) is 0 Å². The summed E-state index contributed by atoms with van der Waals surface area (Å²) in [7, 11) is 2.12. The average Bonchev–Trinajstić information content (AvgIpc) is 2.69. The summed E-state index contributed by atoms with van der Waals surface area (Å²) in [6.07, 6.45) is 3.35. The van der Waals surface area contributed by atoms with E-state index in [9.17, 15) is 4.79 Å². The molecule has 2 heterocycles. The third-order valence-electron chi connectivity index (χ3n) is 3.49. The van der Waals surface area contributed by atoms with Gasteiger partial charge in [0.05, 0.1) is 0 Å². The SMILES string of the molecule is CN1CCCC(C(=O)C2CCNC2)C1. The van der Waals surface area contributed by atoms with Crippen LogP contribution in [0.5, 0.6) is 0 Å². The van der Waals surface area contributed by atoms with Crippen LogP contribution in [0.2, 0.25) is 0 Å². The number of piperidine rings is 1. The van der Waals surface area contributed by atoms with Gasteiger partial charge in [-0.25, -0.2) is 0 Å². The Labute approximate surface area is 85.8 Å². The molecule has 0 saturated carbocycles. The fourth-order valence-electron chi connectivity index (χ4n) is 2.63. The topological polar surface area (TPSA) is 32.3 Å². The van der Waals surface area contributed by atoms with Crippen LogP contribution in [0.4, 0.5) is 0 Å². The van der Waals surface area contributed by atoms with E-state index >= 15 is 0 Å². The first-order valence-corrected chi connectivity index (χ1v) is 5.70. The Bertz CT molecular complexity index is 211. The van der Waals surface area contributed by atoms with Crippen LogP contribution in [-0.4, -0.2) is 43.9 Å². The van der Waals surface area contributed by atoms with Gasteiger partial charge in [-0.1, -0.05) is 0 Å². The minimum absolute atomic E-state index is 0.312. The van der Waals surface area contributed by atoms with E-state index in [2.05, 4.69) is 17.3 Å². The van der Waals surface area contributed by atoms with Crippen molar-refractivity contribution in [2.24, 2.45) is 11.8 Å². The number of rotatable bonds is 2. The number of hydrogen-bond acceptors (Lipinski definition) is 3. The van der Waals surface area contributed by atoms with Crippen LogP contribution in [0.25, 0.3) is 0 Å². The van der Waals surface area contributed by atoms with Gasteiger partial charge in [0, 0.05) is 24.9 Å². The lowest BCUT2D eigenvalue weighted by Gasteiger charge is -2.30. The van der Waals surface area contributed by atoms with Crippen LogP contribution in [0.15, 0.2) is 0 Å². The highest BCUT2D eigenvalue weighted by Gasteiger charge is 2.31. The summed E-state index contributed by atoms with van der Waals surface area (Å²) in [5.41, 5.74) is 0. The molecule has 0 aromatic carbocycles. The average molecular weight is 196 g/mol. The largest absolute Gasteiger partial charge is 0.316 e. The number of Topliss-reactive ketones (excluding diaryl/α,β-unsaturated/α-hetero) is 1. The van der Waals surface area contributed by atoms with Gasteiger partial charge < -0.3 is 10.2 Å². The minimum atomic E-state index is 0.312. The van der Waals surface area contributed by atoms with Gasteiger partial charge in [0.1, 0.15) is 5.78 Å². The van der Waals surface area contributed by atoms with Gasteiger partial charge in [0.25, 0.3) is 0 Å². The smallest absolute Gasteiger partial charge is 0.141 e. The maximum atomic E-state index is 12.1. The number of carbonyl (C=O) groups is 1. The van der Waals surface area contributed by atoms with Gasteiger partial charge in [0.2, 0.25) is 0 Å². The predicted molar refractivity (Wildman–Crippen MR) is 56.2 cm³/mol. The molecule has 2 saturated heterocycles. The molecule has 80 valence electrons. The Hall–Kier alpha value is -0.410. The Balaban J connectivity index is 1.89. The van der Waals surface area contributed by atoms with Crippen molar-refractivity contribution >= 4 is 5.78 Å². The number of nitrogens with one attached hydrogen (secondary N) is 1. The molecule has 2 atom stereocenters. The molecule has 2 unspecified atom stereocenters. The monoisotopic (exact) mass is 196 g/mol. The number of likely N-dealkylation sites (tertiary alicyclic amines) is 1. The van der Waals surface area contributed by atoms with Gasteiger partial charge in [0.15, 0.2) is 0 Å². The van der Waals surface area contributed by atoms with E-state index in [-0.39, 0.29) is 0 Å². The molecule has 0 amide bonds. The summed E-state index contributed by atoms with van der Waals surface area (Å²) in [6, 6.07) is 0. The third kappa shape index (κ3) is 2.15. The summed E-state index contributed by atoms with van der Waals surface area (Å²) in [4.78, 5) is 14.4. The zero-order valence-electron chi connectivity index (χ0n) is 8.96. The van der Waals surface area contributed by atoms with Crippen LogP contribution < -0.4 is 5.32 Å². The van der Waals surface area contributed by atoms with Crippen LogP contribution in [0, 0.1) is 11.8 Å². The lowest BCUT2D eigenvalue weighted by atomic mass is 9.86. The molecule has 2 fully saturated rings. The van der Waals surface area contributed by atoms with Crippen molar-refractivity contribution in [3.05, 3.63) is 0 Å². The molecule has 3 heteroatoms. The van der Waals surface area contributed by atoms with Crippen LogP contribution >= 0.6 is 0 Å². The second-order valence-electron chi connectivity index (χ2n) is 4.69. The molecule has 3 nitrogen and oxygen atoms in total. The standard InChI is InChI=1S/C11H20N2O/c1-13-6-2-3-10(8-13)11(14)9-4-5-12-7-9/h9-10,12H,2-8H2,1H3. The Morgan fingerprint density at radius 3 is 2.86 bits per heavy atom. The molecule has 0 aromatic heterocycles. The molecule has 1 N–H and O–H groups in total. The zero-order valence-corrected chi connectivity index (χ0v) is 8.96. The quantitative estimate of drug-likeness (QED) is 0.698. The summed E-state index contributed by atoms with van der Waals surface area (Å²) in [5, 5.41) is 3.27. The molecule has 0 bridgehead atoms. The normalized spacial score (nSPS) is 34.6. The third-order valence-corrected chi connectivity index (χ3v) is 3.49. The second-order valence-corrected chi connectivity index (χ2v) is 4.69. The molecule has 2 aliphatic heterocycles. The van der Waals surface area contributed by atoms with Crippen molar-refractivity contribution in [1.82, 2.24) is 10.2 Å². The second kappa shape index (κ2) is 4.41. The highest BCUT2D eigenvalue weighted by Crippen LogP contribution is 2.22. The maximum Gasteiger partial charge on any atom is 0.141 e. The molecule has 0 radical (unpaired) electrons. The van der Waals surface area contributed by atoms with Crippen molar-refractivity contribution in [2.45, 2.75) is 19.3 Å². The van der Waals surface area contributed by atoms with E-state index in [1.807, 2.05) is 0 Å². The van der Waals surface area contributed by atoms with Gasteiger partial charge in [-0.05, 0) is 39.4 Å². The number of carbonyl (C=O) groups excluding carboxylic acids is 1. The van der Waals surface area contributed by atoms with E-state index in [1.54, 1.807) is 0 Å². The van der Waals surface area contributed by atoms with Crippen LogP contribution in [0.1, 0.15) is 19.3 Å². The highest BCUT2D eigenvalue weighted by atomic mass is 16.1. The molecule has 14 heavy (non-hydrogen) atoms. The Morgan fingerprint density at radius 2 is 2.21 bits per heavy atom. The van der Waals surface area contributed by atoms with E-state index < -0.39 is 0 Å². The molecule has 2 aliphatic rings.